The van der Waals surface area contributed by atoms with Gasteiger partial charge in [0.2, 0.25) is 5.91 Å². The summed E-state index contributed by atoms with van der Waals surface area (Å²) in [5, 5.41) is 15.2. The number of rotatable bonds is 5. The Kier molecular flexibility index (Phi) is 5.84. The number of nitro groups is 1. The average Bonchev–Trinajstić information content (AvgIpc) is 2.51. The zero-order valence-electron chi connectivity index (χ0n) is 11.7. The number of hydrogen-bond acceptors (Lipinski definition) is 4. The lowest BCUT2D eigenvalue weighted by molar-refractivity contribution is -0.385. The number of nitro benzene ring substituents is 1. The molecule has 0 radical (unpaired) electrons. The molecular formula is C15H11BrClN3O3. The van der Waals surface area contributed by atoms with E-state index in [1.807, 2.05) is 0 Å². The number of halogens is 2. The molecule has 2 aromatic rings. The highest BCUT2D eigenvalue weighted by atomic mass is 79.9. The minimum Gasteiger partial charge on any atom is -0.273 e. The van der Waals surface area contributed by atoms with Crippen LogP contribution in [0.5, 0.6) is 0 Å². The van der Waals surface area contributed by atoms with Crippen molar-refractivity contribution >= 4 is 45.3 Å². The van der Waals surface area contributed by atoms with Gasteiger partial charge < -0.3 is 0 Å². The van der Waals surface area contributed by atoms with Crippen LogP contribution in [0.15, 0.2) is 52.0 Å². The fraction of sp³-hybridized carbons (Fsp3) is 0.0667. The molecule has 0 fully saturated rings. The molecule has 6 nitrogen and oxygen atoms in total. The Bertz CT molecular complexity index is 763. The highest BCUT2D eigenvalue weighted by molar-refractivity contribution is 9.10. The van der Waals surface area contributed by atoms with Gasteiger partial charge in [0.05, 0.1) is 22.0 Å². The summed E-state index contributed by atoms with van der Waals surface area (Å²) in [5.41, 5.74) is 3.62. The van der Waals surface area contributed by atoms with Crippen LogP contribution in [0.25, 0.3) is 0 Å². The molecule has 0 aromatic heterocycles. The minimum atomic E-state index is -0.499. The van der Waals surface area contributed by atoms with Crippen molar-refractivity contribution in [3.05, 3.63) is 73.2 Å². The van der Waals surface area contributed by atoms with Crippen LogP contribution in [0, 0.1) is 10.1 Å². The standard InChI is InChI=1S/C15H11BrClN3O3/c16-13-6-3-11(7-14(13)20(22)23)9-18-19-15(21)8-10-1-4-12(17)5-2-10/h1-7,9H,8H2,(H,19,21)/b18-9+. The van der Waals surface area contributed by atoms with Crippen LogP contribution >= 0.6 is 27.5 Å². The molecule has 1 amide bonds. The molecule has 0 atom stereocenters. The zero-order valence-corrected chi connectivity index (χ0v) is 14.0. The van der Waals surface area contributed by atoms with Gasteiger partial charge in [-0.25, -0.2) is 5.43 Å². The number of nitrogens with one attached hydrogen (secondary N) is 1. The second kappa shape index (κ2) is 7.85. The Morgan fingerprint density at radius 2 is 2.00 bits per heavy atom. The van der Waals surface area contributed by atoms with E-state index in [1.54, 1.807) is 36.4 Å². The van der Waals surface area contributed by atoms with Crippen LogP contribution in [0.2, 0.25) is 5.02 Å². The van der Waals surface area contributed by atoms with Crippen LogP contribution in [-0.4, -0.2) is 17.0 Å². The van der Waals surface area contributed by atoms with Crippen molar-refractivity contribution in [2.75, 3.05) is 0 Å². The second-order valence-corrected chi connectivity index (χ2v) is 5.86. The normalized spacial score (nSPS) is 10.7. The van der Waals surface area contributed by atoms with Gasteiger partial charge in [0.15, 0.2) is 0 Å². The topological polar surface area (TPSA) is 84.6 Å². The Hall–Kier alpha value is -2.25. The van der Waals surface area contributed by atoms with Gasteiger partial charge in [-0.1, -0.05) is 29.8 Å². The van der Waals surface area contributed by atoms with Crippen molar-refractivity contribution in [2.45, 2.75) is 6.42 Å². The maximum absolute atomic E-state index is 11.7. The van der Waals surface area contributed by atoms with E-state index < -0.39 is 4.92 Å². The Labute approximate surface area is 145 Å². The first kappa shape index (κ1) is 17.1. The number of carbonyl (C=O) groups excluding carboxylic acids is 1. The Morgan fingerprint density at radius 3 is 2.65 bits per heavy atom. The highest BCUT2D eigenvalue weighted by Crippen LogP contribution is 2.24. The molecule has 0 saturated carbocycles. The van der Waals surface area contributed by atoms with Gasteiger partial charge in [0, 0.05) is 16.7 Å². The molecule has 0 bridgehead atoms. The average molecular weight is 397 g/mol. The third-order valence-corrected chi connectivity index (χ3v) is 3.77. The molecule has 0 spiro atoms. The molecule has 1 N–H and O–H groups in total. The van der Waals surface area contributed by atoms with Crippen LogP contribution in [0.4, 0.5) is 5.69 Å². The first-order valence-corrected chi connectivity index (χ1v) is 7.63. The lowest BCUT2D eigenvalue weighted by Gasteiger charge is -2.01. The first-order valence-electron chi connectivity index (χ1n) is 6.46. The smallest absolute Gasteiger partial charge is 0.273 e. The molecule has 0 aliphatic rings. The van der Waals surface area contributed by atoms with E-state index in [4.69, 9.17) is 11.6 Å². The number of amides is 1. The number of benzene rings is 2. The molecule has 0 unspecified atom stereocenters. The maximum atomic E-state index is 11.7. The number of hydrazone groups is 1. The molecular weight excluding hydrogens is 386 g/mol. The largest absolute Gasteiger partial charge is 0.284 e. The van der Waals surface area contributed by atoms with Crippen LogP contribution in [0.1, 0.15) is 11.1 Å². The van der Waals surface area contributed by atoms with Crippen molar-refractivity contribution in [3.8, 4) is 0 Å². The van der Waals surface area contributed by atoms with E-state index in [-0.39, 0.29) is 18.0 Å². The van der Waals surface area contributed by atoms with Gasteiger partial charge in [0.1, 0.15) is 0 Å². The second-order valence-electron chi connectivity index (χ2n) is 4.56. The van der Waals surface area contributed by atoms with Crippen molar-refractivity contribution in [3.63, 3.8) is 0 Å². The van der Waals surface area contributed by atoms with Gasteiger partial charge >= 0.3 is 0 Å². The van der Waals surface area contributed by atoms with Crippen molar-refractivity contribution in [1.29, 1.82) is 0 Å². The van der Waals surface area contributed by atoms with E-state index >= 15 is 0 Å². The van der Waals surface area contributed by atoms with E-state index in [0.717, 1.165) is 5.56 Å². The maximum Gasteiger partial charge on any atom is 0.284 e. The van der Waals surface area contributed by atoms with Gasteiger partial charge in [0.25, 0.3) is 5.69 Å². The minimum absolute atomic E-state index is 0.0681. The number of hydrogen-bond donors (Lipinski definition) is 1. The molecule has 0 aliphatic carbocycles. The van der Waals surface area contributed by atoms with E-state index in [1.165, 1.54) is 12.3 Å². The quantitative estimate of drug-likeness (QED) is 0.475. The van der Waals surface area contributed by atoms with Gasteiger partial charge in [-0.05, 0) is 39.7 Å². The summed E-state index contributed by atoms with van der Waals surface area (Å²) < 4.78 is 0.381. The lowest BCUT2D eigenvalue weighted by Crippen LogP contribution is -2.19. The third kappa shape index (κ3) is 5.15. The third-order valence-electron chi connectivity index (χ3n) is 2.85. The van der Waals surface area contributed by atoms with Gasteiger partial charge in [-0.2, -0.15) is 5.10 Å². The van der Waals surface area contributed by atoms with Crippen molar-refractivity contribution in [2.24, 2.45) is 5.10 Å². The Balaban J connectivity index is 1.96. The fourth-order valence-corrected chi connectivity index (χ4v) is 2.27. The SMILES string of the molecule is O=C(Cc1ccc(Cl)cc1)N/N=C/c1ccc(Br)c([N+](=O)[O-])c1. The van der Waals surface area contributed by atoms with Crippen LogP contribution < -0.4 is 5.43 Å². The molecule has 2 rings (SSSR count). The summed E-state index contributed by atoms with van der Waals surface area (Å²) in [6.07, 6.45) is 1.51. The summed E-state index contributed by atoms with van der Waals surface area (Å²) in [6, 6.07) is 11.5. The lowest BCUT2D eigenvalue weighted by atomic mass is 10.1. The first-order chi connectivity index (χ1) is 11.0. The molecule has 0 heterocycles. The van der Waals surface area contributed by atoms with E-state index in [0.29, 0.717) is 15.1 Å². The fourth-order valence-electron chi connectivity index (χ4n) is 1.76. The van der Waals surface area contributed by atoms with Crippen molar-refractivity contribution < 1.29 is 9.72 Å². The molecule has 118 valence electrons. The summed E-state index contributed by atoms with van der Waals surface area (Å²) >= 11 is 8.87. The van der Waals surface area contributed by atoms with Gasteiger partial charge in [-0.3, -0.25) is 14.9 Å². The highest BCUT2D eigenvalue weighted by Gasteiger charge is 2.11. The van der Waals surface area contributed by atoms with Gasteiger partial charge in [-0.15, -0.1) is 0 Å². The van der Waals surface area contributed by atoms with Crippen molar-refractivity contribution in [1.82, 2.24) is 5.43 Å². The number of carbonyl (C=O) groups is 1. The van der Waals surface area contributed by atoms with Crippen LogP contribution in [0.3, 0.4) is 0 Å². The number of nitrogens with zero attached hydrogens (tertiary/aromatic N) is 2. The Morgan fingerprint density at radius 1 is 1.30 bits per heavy atom. The molecule has 2 aromatic carbocycles. The molecule has 0 aliphatic heterocycles. The summed E-state index contributed by atoms with van der Waals surface area (Å²) in [4.78, 5) is 22.1. The summed E-state index contributed by atoms with van der Waals surface area (Å²) in [6.45, 7) is 0. The van der Waals surface area contributed by atoms with E-state index in [9.17, 15) is 14.9 Å². The van der Waals surface area contributed by atoms with E-state index in [2.05, 4.69) is 26.5 Å². The molecule has 23 heavy (non-hydrogen) atoms. The zero-order chi connectivity index (χ0) is 16.8. The molecule has 8 heteroatoms. The summed E-state index contributed by atoms with van der Waals surface area (Å²) in [7, 11) is 0. The predicted molar refractivity (Wildman–Crippen MR) is 91.7 cm³/mol. The predicted octanol–water partition coefficient (Wildman–Crippen LogP) is 3.70. The van der Waals surface area contributed by atoms with Crippen LogP contribution in [-0.2, 0) is 11.2 Å². The monoisotopic (exact) mass is 395 g/mol. The summed E-state index contributed by atoms with van der Waals surface area (Å²) in [5.74, 6) is -0.296. The molecule has 0 saturated heterocycles.